The van der Waals surface area contributed by atoms with Crippen LogP contribution in [0.25, 0.3) is 0 Å². The number of nitrogens with one attached hydrogen (secondary N) is 1. The number of amides is 1. The molecule has 1 amide bonds. The average Bonchev–Trinajstić information content (AvgIpc) is 2.67. The van der Waals surface area contributed by atoms with Gasteiger partial charge in [-0.3, -0.25) is 9.48 Å². The molecule has 0 aliphatic heterocycles. The molecule has 1 unspecified atom stereocenters. The van der Waals surface area contributed by atoms with E-state index in [4.69, 9.17) is 5.73 Å². The van der Waals surface area contributed by atoms with Crippen LogP contribution in [0.5, 0.6) is 0 Å². The first-order chi connectivity index (χ1) is 7.18. The minimum Gasteiger partial charge on any atom is -0.354 e. The van der Waals surface area contributed by atoms with Gasteiger partial charge >= 0.3 is 0 Å². The molecule has 6 heteroatoms. The molecule has 1 atom stereocenters. The first kappa shape index (κ1) is 11.6. The van der Waals surface area contributed by atoms with E-state index in [9.17, 15) is 4.79 Å². The summed E-state index contributed by atoms with van der Waals surface area (Å²) in [4.78, 5) is 11.3. The van der Waals surface area contributed by atoms with Crippen molar-refractivity contribution in [3.05, 3.63) is 12.4 Å². The topological polar surface area (TPSA) is 85.8 Å². The molecule has 1 rings (SSSR count). The van der Waals surface area contributed by atoms with E-state index in [0.717, 1.165) is 6.42 Å². The van der Waals surface area contributed by atoms with Crippen molar-refractivity contribution in [2.75, 3.05) is 6.54 Å². The lowest BCUT2D eigenvalue weighted by molar-refractivity contribution is -0.121. The summed E-state index contributed by atoms with van der Waals surface area (Å²) < 4.78 is 1.67. The number of aromatic nitrogens is 3. The lowest BCUT2D eigenvalue weighted by Crippen LogP contribution is -2.28. The minimum atomic E-state index is 0.0346. The van der Waals surface area contributed by atoms with E-state index in [2.05, 4.69) is 15.6 Å². The number of nitrogens with two attached hydrogens (primary N) is 1. The Bertz CT molecular complexity index is 283. The molecule has 1 heterocycles. The Hall–Kier alpha value is -1.43. The van der Waals surface area contributed by atoms with Crippen molar-refractivity contribution in [3.8, 4) is 0 Å². The van der Waals surface area contributed by atoms with Crippen LogP contribution in [-0.2, 0) is 11.3 Å². The van der Waals surface area contributed by atoms with E-state index >= 15 is 0 Å². The lowest BCUT2D eigenvalue weighted by Gasteiger charge is -2.06. The van der Waals surface area contributed by atoms with Crippen LogP contribution in [0.2, 0.25) is 0 Å². The molecular formula is C9H17N5O. The SMILES string of the molecule is CC(N)CCC(=O)NCCn1ccnn1. The normalized spacial score (nSPS) is 12.4. The lowest BCUT2D eigenvalue weighted by atomic mass is 10.2. The third-order valence-electron chi connectivity index (χ3n) is 1.96. The predicted molar refractivity (Wildman–Crippen MR) is 55.9 cm³/mol. The molecule has 0 saturated heterocycles. The van der Waals surface area contributed by atoms with Gasteiger partial charge in [0.1, 0.15) is 0 Å². The quantitative estimate of drug-likeness (QED) is 0.665. The van der Waals surface area contributed by atoms with Crippen molar-refractivity contribution in [1.29, 1.82) is 0 Å². The summed E-state index contributed by atoms with van der Waals surface area (Å²) >= 11 is 0. The molecule has 0 aliphatic carbocycles. The largest absolute Gasteiger partial charge is 0.354 e. The Morgan fingerprint density at radius 3 is 3.07 bits per heavy atom. The zero-order valence-corrected chi connectivity index (χ0v) is 8.89. The number of carbonyl (C=O) groups excluding carboxylic acids is 1. The molecule has 3 N–H and O–H groups in total. The van der Waals surface area contributed by atoms with Gasteiger partial charge in [-0.05, 0) is 13.3 Å². The maximum Gasteiger partial charge on any atom is 0.220 e. The van der Waals surface area contributed by atoms with Crippen LogP contribution in [0, 0.1) is 0 Å². The molecule has 6 nitrogen and oxygen atoms in total. The standard InChI is InChI=1S/C9H17N5O/c1-8(10)2-3-9(15)11-4-6-14-7-5-12-13-14/h5,7-8H,2-4,6,10H2,1H3,(H,11,15). The number of hydrogen-bond donors (Lipinski definition) is 2. The van der Waals surface area contributed by atoms with Crippen LogP contribution in [0.1, 0.15) is 19.8 Å². The van der Waals surface area contributed by atoms with Crippen molar-refractivity contribution in [1.82, 2.24) is 20.3 Å². The number of nitrogens with zero attached hydrogens (tertiary/aromatic N) is 3. The minimum absolute atomic E-state index is 0.0346. The van der Waals surface area contributed by atoms with Crippen LogP contribution >= 0.6 is 0 Å². The summed E-state index contributed by atoms with van der Waals surface area (Å²) in [6.45, 7) is 3.10. The van der Waals surface area contributed by atoms with Gasteiger partial charge in [0.2, 0.25) is 5.91 Å². The molecule has 1 aromatic rings. The highest BCUT2D eigenvalue weighted by Crippen LogP contribution is 1.92. The number of hydrogen-bond acceptors (Lipinski definition) is 4. The van der Waals surface area contributed by atoms with E-state index in [1.165, 1.54) is 0 Å². The van der Waals surface area contributed by atoms with Crippen molar-refractivity contribution < 1.29 is 4.79 Å². The highest BCUT2D eigenvalue weighted by molar-refractivity contribution is 5.75. The van der Waals surface area contributed by atoms with Crippen LogP contribution in [-0.4, -0.2) is 33.5 Å². The van der Waals surface area contributed by atoms with Gasteiger partial charge in [-0.15, -0.1) is 5.10 Å². The maximum atomic E-state index is 11.3. The third kappa shape index (κ3) is 5.11. The Kier molecular flexibility index (Phi) is 4.76. The zero-order valence-electron chi connectivity index (χ0n) is 8.89. The van der Waals surface area contributed by atoms with Crippen LogP contribution < -0.4 is 11.1 Å². The molecule has 1 aromatic heterocycles. The Morgan fingerprint density at radius 1 is 1.67 bits per heavy atom. The van der Waals surface area contributed by atoms with Gasteiger partial charge < -0.3 is 11.1 Å². The van der Waals surface area contributed by atoms with Gasteiger partial charge in [-0.2, -0.15) is 0 Å². The molecule has 0 radical (unpaired) electrons. The molecule has 84 valence electrons. The monoisotopic (exact) mass is 211 g/mol. The van der Waals surface area contributed by atoms with E-state index < -0.39 is 0 Å². The average molecular weight is 211 g/mol. The third-order valence-corrected chi connectivity index (χ3v) is 1.96. The fraction of sp³-hybridized carbons (Fsp3) is 0.667. The van der Waals surface area contributed by atoms with Gasteiger partial charge in [0.25, 0.3) is 0 Å². The van der Waals surface area contributed by atoms with Crippen molar-refractivity contribution >= 4 is 5.91 Å². The Balaban J connectivity index is 2.07. The summed E-state index contributed by atoms with van der Waals surface area (Å²) in [5, 5.41) is 10.2. The van der Waals surface area contributed by atoms with E-state index in [0.29, 0.717) is 19.5 Å². The molecule has 0 aliphatic rings. The molecule has 0 aromatic carbocycles. The fourth-order valence-electron chi connectivity index (χ4n) is 1.11. The van der Waals surface area contributed by atoms with Gasteiger partial charge in [0.15, 0.2) is 0 Å². The van der Waals surface area contributed by atoms with E-state index in [1.54, 1.807) is 17.1 Å². The predicted octanol–water partition coefficient (Wildman–Crippen LogP) is -0.478. The second kappa shape index (κ2) is 6.13. The first-order valence-corrected chi connectivity index (χ1v) is 5.05. The first-order valence-electron chi connectivity index (χ1n) is 5.05. The van der Waals surface area contributed by atoms with Gasteiger partial charge in [0, 0.05) is 25.2 Å². The Morgan fingerprint density at radius 2 is 2.47 bits per heavy atom. The molecule has 15 heavy (non-hydrogen) atoms. The second-order valence-electron chi connectivity index (χ2n) is 3.53. The summed E-state index contributed by atoms with van der Waals surface area (Å²) in [6, 6.07) is 0.0751. The summed E-state index contributed by atoms with van der Waals surface area (Å²) in [5.41, 5.74) is 5.54. The highest BCUT2D eigenvalue weighted by atomic mass is 16.1. The summed E-state index contributed by atoms with van der Waals surface area (Å²) in [5.74, 6) is 0.0346. The van der Waals surface area contributed by atoms with Gasteiger partial charge in [-0.1, -0.05) is 5.21 Å². The van der Waals surface area contributed by atoms with Crippen LogP contribution in [0.3, 0.4) is 0 Å². The van der Waals surface area contributed by atoms with Gasteiger partial charge in [0.05, 0.1) is 12.7 Å². The van der Waals surface area contributed by atoms with E-state index in [1.807, 2.05) is 6.92 Å². The molecule has 0 saturated carbocycles. The fourth-order valence-corrected chi connectivity index (χ4v) is 1.11. The van der Waals surface area contributed by atoms with Crippen molar-refractivity contribution in [2.24, 2.45) is 5.73 Å². The van der Waals surface area contributed by atoms with Gasteiger partial charge in [-0.25, -0.2) is 0 Å². The number of rotatable bonds is 6. The molecular weight excluding hydrogens is 194 g/mol. The summed E-state index contributed by atoms with van der Waals surface area (Å²) in [7, 11) is 0. The van der Waals surface area contributed by atoms with Crippen molar-refractivity contribution in [3.63, 3.8) is 0 Å². The van der Waals surface area contributed by atoms with Crippen molar-refractivity contribution in [2.45, 2.75) is 32.4 Å². The maximum absolute atomic E-state index is 11.3. The molecule has 0 bridgehead atoms. The number of carbonyl (C=O) groups is 1. The Labute approximate surface area is 88.8 Å². The van der Waals surface area contributed by atoms with Crippen LogP contribution in [0.15, 0.2) is 12.4 Å². The smallest absolute Gasteiger partial charge is 0.220 e. The molecule has 0 fully saturated rings. The highest BCUT2D eigenvalue weighted by Gasteiger charge is 2.02. The zero-order chi connectivity index (χ0) is 11.1. The van der Waals surface area contributed by atoms with Crippen LogP contribution in [0.4, 0.5) is 0 Å². The summed E-state index contributed by atoms with van der Waals surface area (Å²) in [6.07, 6.45) is 4.57. The molecule has 0 spiro atoms. The second-order valence-corrected chi connectivity index (χ2v) is 3.53. The van der Waals surface area contributed by atoms with E-state index in [-0.39, 0.29) is 11.9 Å².